The van der Waals surface area contributed by atoms with Crippen molar-refractivity contribution >= 4 is 0 Å². The molecule has 0 spiro atoms. The van der Waals surface area contributed by atoms with Crippen molar-refractivity contribution in [2.45, 2.75) is 134 Å². The lowest BCUT2D eigenvalue weighted by Gasteiger charge is -2.24. The van der Waals surface area contributed by atoms with Gasteiger partial charge in [-0.05, 0) is 131 Å². The number of rotatable bonds is 15. The molecular formula is C38H62. The Bertz CT molecular complexity index is 840. The normalized spacial score (nSPS) is 12.4. The average Bonchev–Trinajstić information content (AvgIpc) is 2.72. The standard InChI is InChI=1S/C38H62/c1-25(2)15-31-21-33(17-27(5)6)37(34(22-31)18-28(7)8)13-14-38-35(19-29(9)10)23-32(16-26(3)4)24-36(38)20-30(11)12/h21-30H,13-20H2,1-12H3. The molecule has 0 amide bonds. The third kappa shape index (κ3) is 10.9. The third-order valence-electron chi connectivity index (χ3n) is 7.41. The van der Waals surface area contributed by atoms with E-state index in [2.05, 4.69) is 107 Å². The summed E-state index contributed by atoms with van der Waals surface area (Å²) in [6.45, 7) is 28.5. The van der Waals surface area contributed by atoms with Crippen LogP contribution in [0.4, 0.5) is 0 Å². The first-order valence-corrected chi connectivity index (χ1v) is 16.0. The molecule has 0 radical (unpaired) electrons. The lowest BCUT2D eigenvalue weighted by Crippen LogP contribution is -2.13. The second kappa shape index (κ2) is 15.3. The maximum Gasteiger partial charge on any atom is -0.0233 e. The molecule has 0 saturated carbocycles. The SMILES string of the molecule is CC(C)Cc1cc(CC(C)C)c(CCc2c(CC(C)C)cc(CC(C)C)cc2CC(C)C)c(CC(C)C)c1. The average molecular weight is 519 g/mol. The summed E-state index contributed by atoms with van der Waals surface area (Å²) >= 11 is 0. The van der Waals surface area contributed by atoms with Crippen LogP contribution in [-0.2, 0) is 51.4 Å². The summed E-state index contributed by atoms with van der Waals surface area (Å²) in [6, 6.07) is 10.3. The fourth-order valence-electron chi connectivity index (χ4n) is 6.30. The molecule has 0 fully saturated rings. The number of hydrogen-bond donors (Lipinski definition) is 0. The van der Waals surface area contributed by atoms with Gasteiger partial charge in [-0.25, -0.2) is 0 Å². The second-order valence-corrected chi connectivity index (χ2v) is 14.9. The molecule has 0 heteroatoms. The summed E-state index contributed by atoms with van der Waals surface area (Å²) < 4.78 is 0. The predicted octanol–water partition coefficient (Wildman–Crippen LogP) is 10.7. The van der Waals surface area contributed by atoms with E-state index in [0.717, 1.165) is 0 Å². The molecule has 0 N–H and O–H groups in total. The Morgan fingerprint density at radius 1 is 0.342 bits per heavy atom. The molecule has 2 aromatic rings. The van der Waals surface area contributed by atoms with Crippen molar-refractivity contribution in [3.05, 3.63) is 68.8 Å². The molecule has 0 nitrogen and oxygen atoms in total. The third-order valence-corrected chi connectivity index (χ3v) is 7.41. The van der Waals surface area contributed by atoms with E-state index in [-0.39, 0.29) is 0 Å². The Labute approximate surface area is 238 Å². The highest BCUT2D eigenvalue weighted by molar-refractivity contribution is 5.44. The molecular weight excluding hydrogens is 456 g/mol. The van der Waals surface area contributed by atoms with Gasteiger partial charge in [-0.2, -0.15) is 0 Å². The zero-order valence-electron chi connectivity index (χ0n) is 27.4. The van der Waals surface area contributed by atoms with Gasteiger partial charge in [0.25, 0.3) is 0 Å². The van der Waals surface area contributed by atoms with E-state index in [9.17, 15) is 0 Å². The number of hydrogen-bond acceptors (Lipinski definition) is 0. The van der Waals surface area contributed by atoms with E-state index in [1.54, 1.807) is 44.5 Å². The molecule has 2 aromatic carbocycles. The minimum absolute atomic E-state index is 0.679. The molecule has 0 saturated heterocycles. The van der Waals surface area contributed by atoms with Crippen LogP contribution in [0.3, 0.4) is 0 Å². The smallest absolute Gasteiger partial charge is 0.0233 e. The predicted molar refractivity (Wildman–Crippen MR) is 172 cm³/mol. The minimum Gasteiger partial charge on any atom is -0.0625 e. The van der Waals surface area contributed by atoms with Gasteiger partial charge in [0.2, 0.25) is 0 Å². The molecule has 2 rings (SSSR count). The fraction of sp³-hybridized carbons (Fsp3) is 0.684. The van der Waals surface area contributed by atoms with Crippen LogP contribution in [0.25, 0.3) is 0 Å². The highest BCUT2D eigenvalue weighted by Gasteiger charge is 2.18. The van der Waals surface area contributed by atoms with Gasteiger partial charge in [-0.1, -0.05) is 107 Å². The van der Waals surface area contributed by atoms with E-state index in [4.69, 9.17) is 0 Å². The summed E-state index contributed by atoms with van der Waals surface area (Å²) in [5.41, 5.74) is 12.9. The van der Waals surface area contributed by atoms with Crippen LogP contribution in [0.1, 0.15) is 128 Å². The van der Waals surface area contributed by atoms with E-state index in [1.807, 2.05) is 0 Å². The summed E-state index contributed by atoms with van der Waals surface area (Å²) in [5, 5.41) is 0. The fourth-order valence-corrected chi connectivity index (χ4v) is 6.30. The Morgan fingerprint density at radius 3 is 0.737 bits per heavy atom. The Morgan fingerprint density at radius 2 is 0.553 bits per heavy atom. The number of benzene rings is 2. The van der Waals surface area contributed by atoms with Gasteiger partial charge in [0.05, 0.1) is 0 Å². The van der Waals surface area contributed by atoms with Crippen LogP contribution in [-0.4, -0.2) is 0 Å². The maximum atomic E-state index is 2.58. The van der Waals surface area contributed by atoms with Gasteiger partial charge in [-0.3, -0.25) is 0 Å². The van der Waals surface area contributed by atoms with Crippen molar-refractivity contribution in [3.63, 3.8) is 0 Å². The summed E-state index contributed by atoms with van der Waals surface area (Å²) in [4.78, 5) is 0. The van der Waals surface area contributed by atoms with Crippen molar-refractivity contribution in [1.82, 2.24) is 0 Å². The topological polar surface area (TPSA) is 0 Å². The molecule has 0 aliphatic heterocycles. The van der Waals surface area contributed by atoms with E-state index in [0.29, 0.717) is 35.5 Å². The van der Waals surface area contributed by atoms with E-state index in [1.165, 1.54) is 51.4 Å². The van der Waals surface area contributed by atoms with E-state index >= 15 is 0 Å². The van der Waals surface area contributed by atoms with Gasteiger partial charge in [0.1, 0.15) is 0 Å². The molecule has 0 atom stereocenters. The van der Waals surface area contributed by atoms with Crippen molar-refractivity contribution in [2.75, 3.05) is 0 Å². The minimum atomic E-state index is 0.679. The van der Waals surface area contributed by atoms with Gasteiger partial charge in [-0.15, -0.1) is 0 Å². The molecule has 0 aromatic heterocycles. The van der Waals surface area contributed by atoms with Crippen molar-refractivity contribution in [2.24, 2.45) is 35.5 Å². The van der Waals surface area contributed by atoms with Gasteiger partial charge in [0, 0.05) is 0 Å². The molecule has 0 heterocycles. The molecule has 0 unspecified atom stereocenters. The highest BCUT2D eigenvalue weighted by Crippen LogP contribution is 2.30. The van der Waals surface area contributed by atoms with Crippen molar-refractivity contribution in [1.29, 1.82) is 0 Å². The molecule has 38 heavy (non-hydrogen) atoms. The lowest BCUT2D eigenvalue weighted by atomic mass is 9.82. The summed E-state index contributed by atoms with van der Waals surface area (Å²) in [7, 11) is 0. The van der Waals surface area contributed by atoms with Gasteiger partial charge >= 0.3 is 0 Å². The monoisotopic (exact) mass is 518 g/mol. The molecule has 0 aliphatic rings. The quantitative estimate of drug-likeness (QED) is 0.220. The largest absolute Gasteiger partial charge is 0.0625 e. The van der Waals surface area contributed by atoms with Gasteiger partial charge in [0.15, 0.2) is 0 Å². The Balaban J connectivity index is 2.61. The second-order valence-electron chi connectivity index (χ2n) is 14.9. The van der Waals surface area contributed by atoms with Crippen LogP contribution in [0, 0.1) is 35.5 Å². The first kappa shape index (κ1) is 32.7. The zero-order valence-corrected chi connectivity index (χ0v) is 27.4. The summed E-state index contributed by atoms with van der Waals surface area (Å²) in [6.07, 6.45) is 9.48. The van der Waals surface area contributed by atoms with Gasteiger partial charge < -0.3 is 0 Å². The van der Waals surface area contributed by atoms with Crippen molar-refractivity contribution < 1.29 is 0 Å². The first-order valence-electron chi connectivity index (χ1n) is 16.0. The zero-order chi connectivity index (χ0) is 28.6. The molecule has 0 bridgehead atoms. The Hall–Kier alpha value is -1.56. The first-order chi connectivity index (χ1) is 17.7. The highest BCUT2D eigenvalue weighted by atomic mass is 14.2. The summed E-state index contributed by atoms with van der Waals surface area (Å²) in [5.74, 6) is 4.11. The van der Waals surface area contributed by atoms with E-state index < -0.39 is 0 Å². The van der Waals surface area contributed by atoms with Crippen LogP contribution >= 0.6 is 0 Å². The maximum absolute atomic E-state index is 2.58. The van der Waals surface area contributed by atoms with Crippen LogP contribution in [0.5, 0.6) is 0 Å². The van der Waals surface area contributed by atoms with Crippen molar-refractivity contribution in [3.8, 4) is 0 Å². The molecule has 214 valence electrons. The molecule has 0 aliphatic carbocycles. The lowest BCUT2D eigenvalue weighted by molar-refractivity contribution is 0.610. The van der Waals surface area contributed by atoms with Crippen LogP contribution in [0.2, 0.25) is 0 Å². The van der Waals surface area contributed by atoms with Crippen LogP contribution in [0.15, 0.2) is 24.3 Å². The Kier molecular flexibility index (Phi) is 13.1. The van der Waals surface area contributed by atoms with Crippen LogP contribution < -0.4 is 0 Å².